The second kappa shape index (κ2) is 7.24. The lowest BCUT2D eigenvalue weighted by molar-refractivity contribution is -0.119. The van der Waals surface area contributed by atoms with Crippen LogP contribution in [0.25, 0.3) is 0 Å². The van der Waals surface area contributed by atoms with Gasteiger partial charge in [0.2, 0.25) is 5.91 Å². The van der Waals surface area contributed by atoms with E-state index in [1.54, 1.807) is 18.2 Å². The highest BCUT2D eigenvalue weighted by molar-refractivity contribution is 5.81. The average molecular weight is 313 g/mol. The lowest BCUT2D eigenvalue weighted by Gasteiger charge is -2.23. The predicted octanol–water partition coefficient (Wildman–Crippen LogP) is 2.05. The Bertz CT molecular complexity index is 689. The monoisotopic (exact) mass is 313 g/mol. The van der Waals surface area contributed by atoms with Crippen molar-refractivity contribution in [2.75, 3.05) is 24.5 Å². The fourth-order valence-corrected chi connectivity index (χ4v) is 2.76. The van der Waals surface area contributed by atoms with Gasteiger partial charge in [-0.1, -0.05) is 36.4 Å². The van der Waals surface area contributed by atoms with Crippen LogP contribution in [-0.4, -0.2) is 25.5 Å². The van der Waals surface area contributed by atoms with Gasteiger partial charge in [0.05, 0.1) is 6.54 Å². The van der Waals surface area contributed by atoms with Crippen LogP contribution >= 0.6 is 0 Å². The van der Waals surface area contributed by atoms with Gasteiger partial charge in [-0.15, -0.1) is 0 Å². The Labute approximate surface area is 135 Å². The number of hydrogen-bond acceptors (Lipinski definition) is 3. The third kappa shape index (κ3) is 3.87. The van der Waals surface area contributed by atoms with Crippen molar-refractivity contribution < 1.29 is 9.18 Å². The van der Waals surface area contributed by atoms with Crippen molar-refractivity contribution in [3.63, 3.8) is 0 Å². The molecule has 0 atom stereocenters. The topological polar surface area (TPSA) is 44.4 Å². The molecule has 0 saturated carbocycles. The number of halogens is 1. The zero-order chi connectivity index (χ0) is 16.1. The molecule has 5 heteroatoms. The van der Waals surface area contributed by atoms with E-state index in [0.717, 1.165) is 25.3 Å². The summed E-state index contributed by atoms with van der Waals surface area (Å²) in [5.41, 5.74) is 2.77. The summed E-state index contributed by atoms with van der Waals surface area (Å²) in [5, 5.41) is 6.15. The van der Waals surface area contributed by atoms with Crippen molar-refractivity contribution in [1.82, 2.24) is 10.6 Å². The maximum atomic E-state index is 13.6. The van der Waals surface area contributed by atoms with E-state index >= 15 is 0 Å². The van der Waals surface area contributed by atoms with E-state index in [0.29, 0.717) is 5.56 Å². The molecule has 1 aliphatic rings. The van der Waals surface area contributed by atoms with Crippen LogP contribution in [0.15, 0.2) is 48.5 Å². The summed E-state index contributed by atoms with van der Waals surface area (Å²) in [4.78, 5) is 14.3. The minimum absolute atomic E-state index is 0.107. The zero-order valence-electron chi connectivity index (χ0n) is 12.9. The average Bonchev–Trinajstić information content (AvgIpc) is 2.77. The van der Waals surface area contributed by atoms with Crippen LogP contribution in [0.5, 0.6) is 0 Å². The van der Waals surface area contributed by atoms with E-state index in [-0.39, 0.29) is 24.8 Å². The number of rotatable bonds is 4. The third-order valence-corrected chi connectivity index (χ3v) is 3.97. The number of nitrogens with zero attached hydrogens (tertiary/aromatic N) is 1. The summed E-state index contributed by atoms with van der Waals surface area (Å²) in [6, 6.07) is 14.6. The van der Waals surface area contributed by atoms with E-state index in [1.807, 2.05) is 18.2 Å². The van der Waals surface area contributed by atoms with Crippen LogP contribution in [0.2, 0.25) is 0 Å². The molecule has 0 aliphatic carbocycles. The largest absolute Gasteiger partial charge is 0.361 e. The zero-order valence-corrected chi connectivity index (χ0v) is 12.9. The summed E-state index contributed by atoms with van der Waals surface area (Å²) in [6.45, 7) is 2.88. The normalized spacial score (nSPS) is 14.0. The van der Waals surface area contributed by atoms with Gasteiger partial charge in [-0.05, 0) is 17.7 Å². The van der Waals surface area contributed by atoms with Gasteiger partial charge >= 0.3 is 0 Å². The standard InChI is InChI=1S/C18H20FN3O/c19-16-7-3-1-5-14(16)12-21-18(23)13-22-10-9-20-11-15-6-2-4-8-17(15)22/h1-8,20H,9-13H2,(H,21,23). The van der Waals surface area contributed by atoms with E-state index < -0.39 is 0 Å². The number of carbonyl (C=O) groups excluding carboxylic acids is 1. The molecule has 1 heterocycles. The van der Waals surface area contributed by atoms with Gasteiger partial charge < -0.3 is 15.5 Å². The smallest absolute Gasteiger partial charge is 0.239 e. The molecule has 0 spiro atoms. The van der Waals surface area contributed by atoms with Crippen molar-refractivity contribution in [2.24, 2.45) is 0 Å². The molecule has 0 saturated heterocycles. The summed E-state index contributed by atoms with van der Waals surface area (Å²) in [5.74, 6) is -0.401. The number of para-hydroxylation sites is 1. The van der Waals surface area contributed by atoms with E-state index in [9.17, 15) is 9.18 Å². The van der Waals surface area contributed by atoms with Crippen LogP contribution in [0.1, 0.15) is 11.1 Å². The van der Waals surface area contributed by atoms with Crippen LogP contribution in [0.4, 0.5) is 10.1 Å². The Balaban J connectivity index is 1.63. The Morgan fingerprint density at radius 1 is 1.17 bits per heavy atom. The van der Waals surface area contributed by atoms with Crippen LogP contribution in [0, 0.1) is 5.82 Å². The van der Waals surface area contributed by atoms with E-state index in [1.165, 1.54) is 11.6 Å². The first-order chi connectivity index (χ1) is 11.2. The van der Waals surface area contributed by atoms with Crippen LogP contribution in [0.3, 0.4) is 0 Å². The van der Waals surface area contributed by atoms with Gasteiger partial charge in [-0.2, -0.15) is 0 Å². The minimum Gasteiger partial charge on any atom is -0.361 e. The highest BCUT2D eigenvalue weighted by atomic mass is 19.1. The molecule has 2 aromatic rings. The van der Waals surface area contributed by atoms with Crippen molar-refractivity contribution in [1.29, 1.82) is 0 Å². The lowest BCUT2D eigenvalue weighted by atomic mass is 10.1. The van der Waals surface area contributed by atoms with Gasteiger partial charge in [0.25, 0.3) is 0 Å². The Hall–Kier alpha value is -2.40. The second-order valence-corrected chi connectivity index (χ2v) is 5.60. The highest BCUT2D eigenvalue weighted by Gasteiger charge is 2.17. The summed E-state index contributed by atoms with van der Waals surface area (Å²) < 4.78 is 13.6. The molecular formula is C18H20FN3O. The number of nitrogens with one attached hydrogen (secondary N) is 2. The Morgan fingerprint density at radius 3 is 2.83 bits per heavy atom. The molecule has 120 valence electrons. The van der Waals surface area contributed by atoms with Crippen molar-refractivity contribution >= 4 is 11.6 Å². The molecule has 0 fully saturated rings. The molecule has 1 amide bonds. The Morgan fingerprint density at radius 2 is 1.96 bits per heavy atom. The number of carbonyl (C=O) groups is 1. The first kappa shape index (κ1) is 15.5. The fourth-order valence-electron chi connectivity index (χ4n) is 2.76. The van der Waals surface area contributed by atoms with Crippen LogP contribution < -0.4 is 15.5 Å². The number of amides is 1. The minimum atomic E-state index is -0.294. The quantitative estimate of drug-likeness (QED) is 0.908. The maximum absolute atomic E-state index is 13.6. The molecule has 23 heavy (non-hydrogen) atoms. The van der Waals surface area contributed by atoms with Crippen molar-refractivity contribution in [2.45, 2.75) is 13.1 Å². The van der Waals surface area contributed by atoms with Crippen LogP contribution in [-0.2, 0) is 17.9 Å². The van der Waals surface area contributed by atoms with Gasteiger partial charge in [0.1, 0.15) is 5.82 Å². The molecule has 2 N–H and O–H groups in total. The van der Waals surface area contributed by atoms with Gasteiger partial charge in [0, 0.05) is 37.4 Å². The number of benzene rings is 2. The van der Waals surface area contributed by atoms with E-state index in [2.05, 4.69) is 21.6 Å². The van der Waals surface area contributed by atoms with Gasteiger partial charge in [-0.25, -0.2) is 4.39 Å². The third-order valence-electron chi connectivity index (χ3n) is 3.97. The molecule has 3 rings (SSSR count). The van der Waals surface area contributed by atoms with Gasteiger partial charge in [0.15, 0.2) is 0 Å². The van der Waals surface area contributed by atoms with Crippen molar-refractivity contribution in [3.05, 3.63) is 65.5 Å². The maximum Gasteiger partial charge on any atom is 0.239 e. The number of hydrogen-bond donors (Lipinski definition) is 2. The summed E-state index contributed by atoms with van der Waals surface area (Å²) >= 11 is 0. The first-order valence-corrected chi connectivity index (χ1v) is 7.78. The lowest BCUT2D eigenvalue weighted by Crippen LogP contribution is -2.39. The van der Waals surface area contributed by atoms with E-state index in [4.69, 9.17) is 0 Å². The highest BCUT2D eigenvalue weighted by Crippen LogP contribution is 2.21. The molecule has 0 radical (unpaired) electrons. The molecule has 0 unspecified atom stereocenters. The first-order valence-electron chi connectivity index (χ1n) is 7.78. The Kier molecular flexibility index (Phi) is 4.88. The predicted molar refractivity (Wildman–Crippen MR) is 88.6 cm³/mol. The molecule has 1 aliphatic heterocycles. The number of fused-ring (bicyclic) bond motifs is 1. The van der Waals surface area contributed by atoms with Gasteiger partial charge in [-0.3, -0.25) is 4.79 Å². The SMILES string of the molecule is O=C(CN1CCNCc2ccccc21)NCc1ccccc1F. The number of anilines is 1. The van der Waals surface area contributed by atoms with Crippen molar-refractivity contribution in [3.8, 4) is 0 Å². The summed E-state index contributed by atoms with van der Waals surface area (Å²) in [7, 11) is 0. The molecule has 4 nitrogen and oxygen atoms in total. The fraction of sp³-hybridized carbons (Fsp3) is 0.278. The molecule has 2 aromatic carbocycles. The molecule has 0 bridgehead atoms. The second-order valence-electron chi connectivity index (χ2n) is 5.60. The summed E-state index contributed by atoms with van der Waals surface area (Å²) in [6.07, 6.45) is 0. The molecule has 0 aromatic heterocycles. The molecular weight excluding hydrogens is 293 g/mol.